The number of amides is 2. The number of aromatic nitrogens is 1. The summed E-state index contributed by atoms with van der Waals surface area (Å²) in [6.07, 6.45) is 1.52. The zero-order chi connectivity index (χ0) is 13.6. The van der Waals surface area contributed by atoms with Gasteiger partial charge in [-0.2, -0.15) is 0 Å². The monoisotopic (exact) mass is 364 g/mol. The molecule has 94 valence electrons. The Kier molecular flexibility index (Phi) is 2.85. The fourth-order valence-electron chi connectivity index (χ4n) is 2.12. The Morgan fingerprint density at radius 2 is 1.89 bits per heavy atom. The molecule has 0 saturated heterocycles. The van der Waals surface area contributed by atoms with E-state index in [9.17, 15) is 9.59 Å². The molecule has 0 bridgehead atoms. The molecule has 0 aliphatic carbocycles. The van der Waals surface area contributed by atoms with Gasteiger partial charge in [-0.3, -0.25) is 14.6 Å². The summed E-state index contributed by atoms with van der Waals surface area (Å²) < 4.78 is 1.01. The molecule has 1 aliphatic heterocycles. The Balaban J connectivity index is 2.17. The molecule has 2 aromatic rings. The topological polar surface area (TPSA) is 50.3 Å². The van der Waals surface area contributed by atoms with Gasteiger partial charge < -0.3 is 0 Å². The van der Waals surface area contributed by atoms with Gasteiger partial charge in [-0.25, -0.2) is 4.90 Å². The van der Waals surface area contributed by atoms with E-state index in [1.165, 1.54) is 11.1 Å². The third-order valence-electron chi connectivity index (χ3n) is 3.13. The molecular weight excluding hydrogens is 355 g/mol. The molecule has 1 aliphatic rings. The molecule has 0 unspecified atom stereocenters. The molecule has 0 saturated carbocycles. The highest BCUT2D eigenvalue weighted by atomic mass is 127. The standard InChI is InChI=1S/C14H9IN2O2/c1-8-10(15)5-2-6-11(8)17-13(18)9-4-3-7-16-12(9)14(17)19/h2-7H,1H3. The Bertz CT molecular complexity index is 677. The normalized spacial score (nSPS) is 13.9. The molecule has 19 heavy (non-hydrogen) atoms. The van der Waals surface area contributed by atoms with Crippen LogP contribution in [0.2, 0.25) is 0 Å². The zero-order valence-electron chi connectivity index (χ0n) is 10.1. The van der Waals surface area contributed by atoms with Gasteiger partial charge in [0, 0.05) is 9.77 Å². The quantitative estimate of drug-likeness (QED) is 0.578. The summed E-state index contributed by atoms with van der Waals surface area (Å²) in [5.74, 6) is -0.663. The lowest BCUT2D eigenvalue weighted by atomic mass is 10.2. The highest BCUT2D eigenvalue weighted by Crippen LogP contribution is 2.31. The minimum absolute atomic E-state index is 0.228. The molecule has 0 radical (unpaired) electrons. The SMILES string of the molecule is Cc1c(I)cccc1N1C(=O)c2cccnc2C1=O. The molecule has 0 atom stereocenters. The lowest BCUT2D eigenvalue weighted by molar-refractivity contribution is 0.0924. The lowest BCUT2D eigenvalue weighted by Gasteiger charge is -2.16. The highest BCUT2D eigenvalue weighted by Gasteiger charge is 2.38. The molecule has 3 rings (SSSR count). The summed E-state index contributed by atoms with van der Waals surface area (Å²) in [4.78, 5) is 29.9. The summed E-state index contributed by atoms with van der Waals surface area (Å²) in [6.45, 7) is 1.90. The largest absolute Gasteiger partial charge is 0.284 e. The van der Waals surface area contributed by atoms with Gasteiger partial charge in [0.1, 0.15) is 5.69 Å². The van der Waals surface area contributed by atoms with Crippen molar-refractivity contribution < 1.29 is 9.59 Å². The van der Waals surface area contributed by atoms with E-state index in [-0.39, 0.29) is 17.5 Å². The number of carbonyl (C=O) groups is 2. The number of hydrogen-bond acceptors (Lipinski definition) is 3. The lowest BCUT2D eigenvalue weighted by Crippen LogP contribution is -2.30. The Morgan fingerprint density at radius 3 is 2.63 bits per heavy atom. The van der Waals surface area contributed by atoms with Crippen molar-refractivity contribution in [2.24, 2.45) is 0 Å². The second kappa shape index (κ2) is 4.41. The first-order valence-electron chi connectivity index (χ1n) is 5.70. The van der Waals surface area contributed by atoms with Crippen molar-refractivity contribution in [3.63, 3.8) is 0 Å². The predicted octanol–water partition coefficient (Wildman–Crippen LogP) is 2.80. The number of nitrogens with zero attached hydrogens (tertiary/aromatic N) is 2. The van der Waals surface area contributed by atoms with Crippen LogP contribution < -0.4 is 4.90 Å². The van der Waals surface area contributed by atoms with E-state index >= 15 is 0 Å². The number of hydrogen-bond donors (Lipinski definition) is 0. The summed E-state index contributed by atoms with van der Waals surface area (Å²) in [6, 6.07) is 8.84. The first-order valence-corrected chi connectivity index (χ1v) is 6.78. The van der Waals surface area contributed by atoms with E-state index in [1.54, 1.807) is 18.2 Å². The maximum atomic E-state index is 12.3. The van der Waals surface area contributed by atoms with Crippen molar-refractivity contribution in [3.8, 4) is 0 Å². The smallest absolute Gasteiger partial charge is 0.268 e. The van der Waals surface area contributed by atoms with Gasteiger partial charge in [0.05, 0.1) is 11.3 Å². The van der Waals surface area contributed by atoms with Crippen LogP contribution in [0.15, 0.2) is 36.5 Å². The molecule has 0 N–H and O–H groups in total. The van der Waals surface area contributed by atoms with Gasteiger partial charge in [-0.1, -0.05) is 6.07 Å². The summed E-state index contributed by atoms with van der Waals surface area (Å²) in [7, 11) is 0. The number of carbonyl (C=O) groups excluding carboxylic acids is 2. The van der Waals surface area contributed by atoms with Gasteiger partial charge >= 0.3 is 0 Å². The van der Waals surface area contributed by atoms with Gasteiger partial charge in [-0.05, 0) is 59.3 Å². The van der Waals surface area contributed by atoms with Crippen LogP contribution in [-0.2, 0) is 0 Å². The average molecular weight is 364 g/mol. The minimum atomic E-state index is -0.356. The number of pyridine rings is 1. The molecule has 1 aromatic heterocycles. The average Bonchev–Trinajstić information content (AvgIpc) is 2.67. The van der Waals surface area contributed by atoms with E-state index in [2.05, 4.69) is 27.6 Å². The van der Waals surface area contributed by atoms with Crippen molar-refractivity contribution in [1.82, 2.24) is 4.98 Å². The first-order chi connectivity index (χ1) is 9.11. The van der Waals surface area contributed by atoms with Crippen LogP contribution in [0.5, 0.6) is 0 Å². The Morgan fingerprint density at radius 1 is 1.11 bits per heavy atom. The maximum absolute atomic E-state index is 12.3. The van der Waals surface area contributed by atoms with Crippen molar-refractivity contribution in [3.05, 3.63) is 56.9 Å². The fraction of sp³-hybridized carbons (Fsp3) is 0.0714. The Hall–Kier alpha value is -1.76. The molecule has 4 nitrogen and oxygen atoms in total. The molecule has 2 amide bonds. The molecule has 5 heteroatoms. The van der Waals surface area contributed by atoms with E-state index in [0.29, 0.717) is 11.3 Å². The van der Waals surface area contributed by atoms with Gasteiger partial charge in [0.2, 0.25) is 0 Å². The number of anilines is 1. The van der Waals surface area contributed by atoms with Gasteiger partial charge in [0.15, 0.2) is 0 Å². The number of rotatable bonds is 1. The van der Waals surface area contributed by atoms with E-state index in [0.717, 1.165) is 9.13 Å². The zero-order valence-corrected chi connectivity index (χ0v) is 12.2. The summed E-state index contributed by atoms with van der Waals surface area (Å²) >= 11 is 2.19. The molecular formula is C14H9IN2O2. The number of benzene rings is 1. The van der Waals surface area contributed by atoms with Crippen LogP contribution in [0.4, 0.5) is 5.69 Å². The third-order valence-corrected chi connectivity index (χ3v) is 4.30. The summed E-state index contributed by atoms with van der Waals surface area (Å²) in [5, 5.41) is 0. The second-order valence-corrected chi connectivity index (χ2v) is 5.39. The van der Waals surface area contributed by atoms with Gasteiger partial charge in [-0.15, -0.1) is 0 Å². The van der Waals surface area contributed by atoms with E-state index < -0.39 is 0 Å². The highest BCUT2D eigenvalue weighted by molar-refractivity contribution is 14.1. The van der Waals surface area contributed by atoms with Crippen molar-refractivity contribution in [2.75, 3.05) is 4.90 Å². The van der Waals surface area contributed by atoms with Crippen LogP contribution in [0, 0.1) is 10.5 Å². The number of imide groups is 1. The van der Waals surface area contributed by atoms with Crippen LogP contribution in [0.3, 0.4) is 0 Å². The van der Waals surface area contributed by atoms with E-state index in [4.69, 9.17) is 0 Å². The number of halogens is 1. The number of fused-ring (bicyclic) bond motifs is 1. The van der Waals surface area contributed by atoms with Crippen molar-refractivity contribution in [2.45, 2.75) is 6.92 Å². The predicted molar refractivity (Wildman–Crippen MR) is 79.3 cm³/mol. The van der Waals surface area contributed by atoms with Crippen LogP contribution in [0.25, 0.3) is 0 Å². The second-order valence-electron chi connectivity index (χ2n) is 4.23. The fourth-order valence-corrected chi connectivity index (χ4v) is 2.61. The first kappa shape index (κ1) is 12.3. The van der Waals surface area contributed by atoms with Crippen molar-refractivity contribution >= 4 is 40.1 Å². The molecule has 0 spiro atoms. The third kappa shape index (κ3) is 1.76. The maximum Gasteiger partial charge on any atom is 0.284 e. The van der Waals surface area contributed by atoms with Crippen LogP contribution >= 0.6 is 22.6 Å². The minimum Gasteiger partial charge on any atom is -0.268 e. The molecule has 2 heterocycles. The van der Waals surface area contributed by atoms with Crippen molar-refractivity contribution in [1.29, 1.82) is 0 Å². The van der Waals surface area contributed by atoms with E-state index in [1.807, 2.05) is 19.1 Å². The van der Waals surface area contributed by atoms with Gasteiger partial charge in [0.25, 0.3) is 11.8 Å². The molecule has 0 fully saturated rings. The molecule has 1 aromatic carbocycles. The van der Waals surface area contributed by atoms with Crippen LogP contribution in [-0.4, -0.2) is 16.8 Å². The summed E-state index contributed by atoms with van der Waals surface area (Å²) in [5.41, 5.74) is 2.13. The Labute approximate surface area is 123 Å². The van der Waals surface area contributed by atoms with Crippen LogP contribution in [0.1, 0.15) is 26.4 Å².